The maximum atomic E-state index is 13.0. The van der Waals surface area contributed by atoms with Crippen molar-refractivity contribution in [3.05, 3.63) is 41.7 Å². The molecular weight excluding hydrogens is 253 g/mol. The van der Waals surface area contributed by atoms with Crippen molar-refractivity contribution in [2.24, 2.45) is 0 Å². The van der Waals surface area contributed by atoms with Crippen LogP contribution in [0.4, 0.5) is 4.39 Å². The molecule has 2 heterocycles. The number of methoxy groups -OCH3 is 2. The number of nitrogens with zero attached hydrogens (tertiary/aromatic N) is 3. The summed E-state index contributed by atoms with van der Waals surface area (Å²) in [5.74, 6) is -0.912. The fraction of sp³-hybridized carbons (Fsp3) is 0.167. The van der Waals surface area contributed by atoms with Gasteiger partial charge in [0.25, 0.3) is 0 Å². The fourth-order valence-electron chi connectivity index (χ4n) is 1.43. The highest BCUT2D eigenvalue weighted by molar-refractivity contribution is 6.08. The van der Waals surface area contributed by atoms with Crippen LogP contribution in [0.5, 0.6) is 11.8 Å². The molecule has 0 aliphatic carbocycles. The first-order valence-corrected chi connectivity index (χ1v) is 5.26. The van der Waals surface area contributed by atoms with Gasteiger partial charge in [-0.15, -0.1) is 0 Å². The van der Waals surface area contributed by atoms with Crippen LogP contribution >= 0.6 is 0 Å². The van der Waals surface area contributed by atoms with E-state index in [1.807, 2.05) is 0 Å². The smallest absolute Gasteiger partial charge is 0.247 e. The van der Waals surface area contributed by atoms with Crippen LogP contribution in [-0.2, 0) is 0 Å². The number of pyridine rings is 1. The molecule has 0 aromatic carbocycles. The van der Waals surface area contributed by atoms with Gasteiger partial charge in [0, 0.05) is 11.8 Å². The first kappa shape index (κ1) is 12.9. The Morgan fingerprint density at radius 1 is 1.21 bits per heavy atom. The highest BCUT2D eigenvalue weighted by atomic mass is 19.1. The van der Waals surface area contributed by atoms with E-state index in [0.29, 0.717) is 0 Å². The molecule has 0 saturated heterocycles. The second-order valence-electron chi connectivity index (χ2n) is 3.49. The number of hydrogen-bond donors (Lipinski definition) is 0. The van der Waals surface area contributed by atoms with E-state index in [9.17, 15) is 9.18 Å². The minimum atomic E-state index is -0.605. The fourth-order valence-corrected chi connectivity index (χ4v) is 1.43. The maximum absolute atomic E-state index is 13.0. The molecule has 7 heteroatoms. The van der Waals surface area contributed by atoms with E-state index >= 15 is 0 Å². The zero-order valence-corrected chi connectivity index (χ0v) is 10.3. The zero-order valence-electron chi connectivity index (χ0n) is 10.3. The Morgan fingerprint density at radius 3 is 2.63 bits per heavy atom. The van der Waals surface area contributed by atoms with Crippen molar-refractivity contribution in [1.29, 1.82) is 0 Å². The van der Waals surface area contributed by atoms with Gasteiger partial charge in [0.1, 0.15) is 5.82 Å². The van der Waals surface area contributed by atoms with Gasteiger partial charge in [-0.25, -0.2) is 9.37 Å². The van der Waals surface area contributed by atoms with E-state index in [1.165, 1.54) is 26.6 Å². The summed E-state index contributed by atoms with van der Waals surface area (Å²) in [5.41, 5.74) is 0.0356. The van der Waals surface area contributed by atoms with E-state index in [0.717, 1.165) is 12.3 Å². The molecule has 98 valence electrons. The van der Waals surface area contributed by atoms with Crippen molar-refractivity contribution >= 4 is 5.78 Å². The highest BCUT2D eigenvalue weighted by Crippen LogP contribution is 2.19. The third-order valence-corrected chi connectivity index (χ3v) is 2.30. The number of rotatable bonds is 4. The van der Waals surface area contributed by atoms with Crippen LogP contribution in [0, 0.1) is 5.82 Å². The number of carbonyl (C=O) groups is 1. The monoisotopic (exact) mass is 263 g/mol. The molecule has 0 unspecified atom stereocenters. The Hall–Kier alpha value is -2.57. The molecule has 0 aliphatic rings. The lowest BCUT2D eigenvalue weighted by atomic mass is 10.1. The predicted molar refractivity (Wildman–Crippen MR) is 62.8 cm³/mol. The molecular formula is C12H10FN3O3. The van der Waals surface area contributed by atoms with Crippen LogP contribution < -0.4 is 9.47 Å². The predicted octanol–water partition coefficient (Wildman–Crippen LogP) is 1.26. The summed E-state index contributed by atoms with van der Waals surface area (Å²) < 4.78 is 22.9. The Balaban J connectivity index is 2.44. The van der Waals surface area contributed by atoms with E-state index in [1.54, 1.807) is 0 Å². The SMILES string of the molecule is COc1cnc(C(=O)c2cncc(F)c2)c(OC)n1. The Bertz CT molecular complexity index is 619. The normalized spacial score (nSPS) is 10.1. The van der Waals surface area contributed by atoms with Gasteiger partial charge in [0.2, 0.25) is 17.5 Å². The summed E-state index contributed by atoms with van der Waals surface area (Å²) in [6.07, 6.45) is 3.53. The van der Waals surface area contributed by atoms with Gasteiger partial charge >= 0.3 is 0 Å². The van der Waals surface area contributed by atoms with Crippen molar-refractivity contribution < 1.29 is 18.7 Å². The molecule has 0 aliphatic heterocycles. The zero-order chi connectivity index (χ0) is 13.8. The molecule has 0 fully saturated rings. The third kappa shape index (κ3) is 2.65. The topological polar surface area (TPSA) is 74.2 Å². The standard InChI is InChI=1S/C12H10FN3O3/c1-18-9-6-15-10(12(16-9)19-2)11(17)7-3-8(13)5-14-4-7/h3-6H,1-2H3. The quantitative estimate of drug-likeness (QED) is 0.773. The van der Waals surface area contributed by atoms with Gasteiger partial charge in [0.05, 0.1) is 26.6 Å². The lowest BCUT2D eigenvalue weighted by Gasteiger charge is -2.07. The first-order chi connectivity index (χ1) is 9.15. The summed E-state index contributed by atoms with van der Waals surface area (Å²) in [4.78, 5) is 23.6. The lowest BCUT2D eigenvalue weighted by Crippen LogP contribution is -2.09. The summed E-state index contributed by atoms with van der Waals surface area (Å²) in [6.45, 7) is 0. The van der Waals surface area contributed by atoms with Gasteiger partial charge in [-0.05, 0) is 6.07 Å². The van der Waals surface area contributed by atoms with Gasteiger partial charge in [-0.2, -0.15) is 4.98 Å². The molecule has 2 aromatic rings. The Kier molecular flexibility index (Phi) is 3.65. The molecule has 19 heavy (non-hydrogen) atoms. The van der Waals surface area contributed by atoms with Gasteiger partial charge in [-0.3, -0.25) is 9.78 Å². The molecule has 0 spiro atoms. The van der Waals surface area contributed by atoms with E-state index in [2.05, 4.69) is 15.0 Å². The minimum absolute atomic E-state index is 0.00797. The maximum Gasteiger partial charge on any atom is 0.247 e. The van der Waals surface area contributed by atoms with Crippen LogP contribution in [0.2, 0.25) is 0 Å². The number of carbonyl (C=O) groups excluding carboxylic acids is 1. The number of ether oxygens (including phenoxy) is 2. The minimum Gasteiger partial charge on any atom is -0.480 e. The number of hydrogen-bond acceptors (Lipinski definition) is 6. The highest BCUT2D eigenvalue weighted by Gasteiger charge is 2.19. The van der Waals surface area contributed by atoms with Gasteiger partial charge in [-0.1, -0.05) is 0 Å². The largest absolute Gasteiger partial charge is 0.480 e. The lowest BCUT2D eigenvalue weighted by molar-refractivity contribution is 0.102. The van der Waals surface area contributed by atoms with Crippen LogP contribution in [0.25, 0.3) is 0 Å². The van der Waals surface area contributed by atoms with Crippen molar-refractivity contribution in [3.63, 3.8) is 0 Å². The van der Waals surface area contributed by atoms with Gasteiger partial charge in [0.15, 0.2) is 5.69 Å². The molecule has 0 amide bonds. The van der Waals surface area contributed by atoms with E-state index in [4.69, 9.17) is 9.47 Å². The van der Waals surface area contributed by atoms with E-state index in [-0.39, 0.29) is 23.0 Å². The molecule has 0 bridgehead atoms. The molecule has 0 N–H and O–H groups in total. The van der Waals surface area contributed by atoms with Crippen LogP contribution in [-0.4, -0.2) is 35.0 Å². The third-order valence-electron chi connectivity index (χ3n) is 2.30. The van der Waals surface area contributed by atoms with Crippen LogP contribution in [0.3, 0.4) is 0 Å². The van der Waals surface area contributed by atoms with Crippen molar-refractivity contribution in [2.45, 2.75) is 0 Å². The molecule has 0 saturated carbocycles. The molecule has 0 radical (unpaired) electrons. The average molecular weight is 263 g/mol. The average Bonchev–Trinajstić information content (AvgIpc) is 2.45. The second kappa shape index (κ2) is 5.38. The molecule has 0 atom stereocenters. The summed E-state index contributed by atoms with van der Waals surface area (Å²) >= 11 is 0. The molecule has 2 aromatic heterocycles. The first-order valence-electron chi connectivity index (χ1n) is 5.26. The van der Waals surface area contributed by atoms with E-state index < -0.39 is 11.6 Å². The number of ketones is 1. The molecule has 6 nitrogen and oxygen atoms in total. The van der Waals surface area contributed by atoms with Crippen molar-refractivity contribution in [2.75, 3.05) is 14.2 Å². The summed E-state index contributed by atoms with van der Waals surface area (Å²) in [5, 5.41) is 0. The Labute approximate surface area is 108 Å². The summed E-state index contributed by atoms with van der Waals surface area (Å²) in [6, 6.07) is 1.07. The Morgan fingerprint density at radius 2 is 2.00 bits per heavy atom. The number of halogens is 1. The van der Waals surface area contributed by atoms with Crippen molar-refractivity contribution in [3.8, 4) is 11.8 Å². The van der Waals surface area contributed by atoms with Crippen molar-refractivity contribution in [1.82, 2.24) is 15.0 Å². The summed E-state index contributed by atoms with van der Waals surface area (Å²) in [7, 11) is 2.77. The van der Waals surface area contributed by atoms with Gasteiger partial charge < -0.3 is 9.47 Å². The molecule has 2 rings (SSSR count). The van der Waals surface area contributed by atoms with Crippen LogP contribution in [0.15, 0.2) is 24.7 Å². The number of aromatic nitrogens is 3. The van der Waals surface area contributed by atoms with Crippen LogP contribution in [0.1, 0.15) is 16.1 Å². The second-order valence-corrected chi connectivity index (χ2v) is 3.49.